The molecule has 0 atom stereocenters. The maximum Gasteiger partial charge on any atom is 0.0629 e. The SMILES string of the molecule is CC(C)c1[c-]c(-c2nccc3c2ccc2ccccc23)cc(C(C)C)c1.[2H]c1c([2H])c([2H])c(-c2cc[c-]c(-c3cc(-c4c([2H])c([2H])c([2H])c([2H])c4[2H])ccn3)c2)c([2H])c1[2H].[Ir]. The van der Waals surface area contributed by atoms with Crippen LogP contribution >= 0.6 is 0 Å². The molecule has 0 saturated carbocycles. The molecule has 0 aliphatic rings. The third-order valence-corrected chi connectivity index (χ3v) is 8.54. The number of rotatable bonds is 6. The standard InChI is InChI=1S/C25H24N.C23H16N.Ir/c1-16(2)19-13-20(17(3)4)15-21(14-19)25-24-10-9-18-7-5-6-8-22(18)23(24)11-12-26-25;1-3-8-18(9-4-1)20-12-7-13-22(16-20)23-17-21(14-15-24-23)19-10-5-2-6-11-19;/h5-14,16-17H,1-4H3;1-12,14-17H;/q2*-1;/i;1D,2D,3D,4D,5D,6D,8D,9D,10D,11D;. The van der Waals surface area contributed by atoms with E-state index in [0.29, 0.717) is 34.2 Å². The summed E-state index contributed by atoms with van der Waals surface area (Å²) < 4.78 is 80.0. The van der Waals surface area contributed by atoms with Crippen LogP contribution in [0.3, 0.4) is 0 Å². The minimum Gasteiger partial charge on any atom is -0.305 e. The van der Waals surface area contributed by atoms with Crippen molar-refractivity contribution < 1.29 is 33.8 Å². The first-order valence-electron chi connectivity index (χ1n) is 21.6. The molecule has 0 spiro atoms. The Labute approximate surface area is 329 Å². The van der Waals surface area contributed by atoms with E-state index in [4.69, 9.17) is 18.7 Å². The summed E-state index contributed by atoms with van der Waals surface area (Å²) in [6.07, 6.45) is 3.37. The fourth-order valence-corrected chi connectivity index (χ4v) is 5.83. The van der Waals surface area contributed by atoms with Crippen LogP contribution in [0.25, 0.3) is 66.3 Å². The Morgan fingerprint density at radius 1 is 0.569 bits per heavy atom. The Hall–Kier alpha value is -5.21. The number of fused-ring (bicyclic) bond motifs is 3. The number of hydrogen-bond acceptors (Lipinski definition) is 2. The first kappa shape index (κ1) is 24.9. The second kappa shape index (κ2) is 16.2. The average molecular weight is 847 g/mol. The molecule has 2 heterocycles. The van der Waals surface area contributed by atoms with Crippen molar-refractivity contribution in [3.8, 4) is 44.8 Å². The van der Waals surface area contributed by atoms with Crippen LogP contribution in [0.1, 0.15) is 64.4 Å². The van der Waals surface area contributed by atoms with Crippen molar-refractivity contribution in [2.24, 2.45) is 0 Å². The van der Waals surface area contributed by atoms with E-state index in [-0.39, 0.29) is 55.4 Å². The second-order valence-electron chi connectivity index (χ2n) is 12.6. The predicted molar refractivity (Wildman–Crippen MR) is 211 cm³/mol. The number of hydrogen-bond donors (Lipinski definition) is 0. The Morgan fingerprint density at radius 2 is 1.25 bits per heavy atom. The Bertz CT molecular complexity index is 2770. The van der Waals surface area contributed by atoms with Crippen molar-refractivity contribution in [2.75, 3.05) is 0 Å². The first-order chi connectivity index (χ1) is 28.6. The van der Waals surface area contributed by atoms with E-state index in [2.05, 4.69) is 99.4 Å². The second-order valence-corrected chi connectivity index (χ2v) is 12.6. The molecular weight excluding hydrogens is 797 g/mol. The van der Waals surface area contributed by atoms with E-state index in [1.54, 1.807) is 24.3 Å². The van der Waals surface area contributed by atoms with E-state index < -0.39 is 36.3 Å². The van der Waals surface area contributed by atoms with Gasteiger partial charge >= 0.3 is 0 Å². The molecular formula is C48H40IrN2-2. The van der Waals surface area contributed by atoms with Crippen LogP contribution in [0.15, 0.2) is 158 Å². The minimum absolute atomic E-state index is 0. The van der Waals surface area contributed by atoms with Crippen molar-refractivity contribution in [3.05, 3.63) is 181 Å². The van der Waals surface area contributed by atoms with Gasteiger partial charge in [0.2, 0.25) is 0 Å². The molecule has 0 bridgehead atoms. The average Bonchev–Trinajstić information content (AvgIpc) is 3.26. The van der Waals surface area contributed by atoms with Crippen LogP contribution < -0.4 is 0 Å². The summed E-state index contributed by atoms with van der Waals surface area (Å²) in [4.78, 5) is 9.06. The molecule has 51 heavy (non-hydrogen) atoms. The summed E-state index contributed by atoms with van der Waals surface area (Å²) in [7, 11) is 0. The summed E-state index contributed by atoms with van der Waals surface area (Å²) in [6, 6.07) is 30.0. The third kappa shape index (κ3) is 8.07. The molecule has 0 aliphatic heterocycles. The van der Waals surface area contributed by atoms with E-state index in [1.165, 1.54) is 44.9 Å². The fourth-order valence-electron chi connectivity index (χ4n) is 5.83. The molecule has 0 unspecified atom stereocenters. The van der Waals surface area contributed by atoms with Gasteiger partial charge in [-0.3, -0.25) is 0 Å². The van der Waals surface area contributed by atoms with Crippen LogP contribution in [-0.2, 0) is 20.1 Å². The topological polar surface area (TPSA) is 25.8 Å². The van der Waals surface area contributed by atoms with E-state index in [0.717, 1.165) is 11.3 Å². The molecule has 0 aliphatic carbocycles. The maximum absolute atomic E-state index is 8.21. The van der Waals surface area contributed by atoms with Gasteiger partial charge in [0.15, 0.2) is 0 Å². The van der Waals surface area contributed by atoms with E-state index in [1.807, 2.05) is 6.20 Å². The zero-order valence-electron chi connectivity index (χ0n) is 38.6. The molecule has 2 nitrogen and oxygen atoms in total. The molecule has 253 valence electrons. The summed E-state index contributed by atoms with van der Waals surface area (Å²) in [5, 5.41) is 4.98. The molecule has 6 aromatic carbocycles. The normalized spacial score (nSPS) is 13.7. The Balaban J connectivity index is 0.000000207. The molecule has 2 aromatic heterocycles. The Kier molecular flexibility index (Phi) is 7.90. The van der Waals surface area contributed by atoms with Crippen molar-refractivity contribution in [1.82, 2.24) is 9.97 Å². The summed E-state index contributed by atoms with van der Waals surface area (Å²) in [5.74, 6) is 0.930. The molecule has 3 heteroatoms. The van der Waals surface area contributed by atoms with Gasteiger partial charge in [-0.1, -0.05) is 131 Å². The van der Waals surface area contributed by atoms with Crippen LogP contribution in [-0.4, -0.2) is 9.97 Å². The molecule has 0 N–H and O–H groups in total. The van der Waals surface area contributed by atoms with Gasteiger partial charge in [-0.05, 0) is 73.6 Å². The van der Waals surface area contributed by atoms with Gasteiger partial charge in [0.25, 0.3) is 0 Å². The fraction of sp³-hybridized carbons (Fsp3) is 0.125. The van der Waals surface area contributed by atoms with E-state index >= 15 is 0 Å². The minimum atomic E-state index is -0.479. The van der Waals surface area contributed by atoms with Gasteiger partial charge in [0.1, 0.15) is 0 Å². The van der Waals surface area contributed by atoms with Crippen molar-refractivity contribution in [3.63, 3.8) is 0 Å². The largest absolute Gasteiger partial charge is 0.305 e. The van der Waals surface area contributed by atoms with Gasteiger partial charge in [0.05, 0.1) is 13.7 Å². The van der Waals surface area contributed by atoms with Crippen LogP contribution in [0, 0.1) is 12.1 Å². The summed E-state index contributed by atoms with van der Waals surface area (Å²) in [5.41, 5.74) is 6.37. The number of benzene rings is 6. The number of pyridine rings is 2. The zero-order valence-corrected chi connectivity index (χ0v) is 31.0. The maximum atomic E-state index is 8.21. The van der Waals surface area contributed by atoms with Crippen molar-refractivity contribution >= 4 is 21.5 Å². The van der Waals surface area contributed by atoms with Gasteiger partial charge < -0.3 is 9.97 Å². The van der Waals surface area contributed by atoms with Crippen molar-refractivity contribution in [2.45, 2.75) is 39.5 Å². The summed E-state index contributed by atoms with van der Waals surface area (Å²) >= 11 is 0. The number of aromatic nitrogens is 2. The zero-order chi connectivity index (χ0) is 43.2. The van der Waals surface area contributed by atoms with Crippen LogP contribution in [0.4, 0.5) is 0 Å². The molecule has 0 amide bonds. The van der Waals surface area contributed by atoms with Gasteiger partial charge in [-0.25, -0.2) is 0 Å². The molecule has 1 radical (unpaired) electrons. The van der Waals surface area contributed by atoms with Gasteiger partial charge in [-0.2, -0.15) is 0 Å². The Morgan fingerprint density at radius 3 is 1.96 bits per heavy atom. The molecule has 0 fully saturated rings. The van der Waals surface area contributed by atoms with Gasteiger partial charge in [-0.15, -0.1) is 70.3 Å². The van der Waals surface area contributed by atoms with E-state index in [9.17, 15) is 0 Å². The molecule has 0 saturated heterocycles. The van der Waals surface area contributed by atoms with Gasteiger partial charge in [0, 0.05) is 32.5 Å². The molecule has 8 rings (SSSR count). The smallest absolute Gasteiger partial charge is 0.0629 e. The molecule has 8 aromatic rings. The summed E-state index contributed by atoms with van der Waals surface area (Å²) in [6.45, 7) is 8.94. The number of nitrogens with zero attached hydrogens (tertiary/aromatic N) is 2. The monoisotopic (exact) mass is 847 g/mol. The van der Waals surface area contributed by atoms with Crippen molar-refractivity contribution in [1.29, 1.82) is 0 Å². The quantitative estimate of drug-likeness (QED) is 0.123. The van der Waals surface area contributed by atoms with Crippen LogP contribution in [0.5, 0.6) is 0 Å². The third-order valence-electron chi connectivity index (χ3n) is 8.54. The van der Waals surface area contributed by atoms with Crippen LogP contribution in [0.2, 0.25) is 0 Å². The first-order valence-corrected chi connectivity index (χ1v) is 16.6. The predicted octanol–water partition coefficient (Wildman–Crippen LogP) is 13.0.